The van der Waals surface area contributed by atoms with Gasteiger partial charge in [-0.2, -0.15) is 0 Å². The van der Waals surface area contributed by atoms with Gasteiger partial charge in [-0.3, -0.25) is 19.7 Å². The van der Waals surface area contributed by atoms with E-state index in [4.69, 9.17) is 10.5 Å². The number of aldehydes is 1. The van der Waals surface area contributed by atoms with E-state index in [9.17, 15) is 19.7 Å². The zero-order valence-electron chi connectivity index (χ0n) is 16.6. The van der Waals surface area contributed by atoms with Gasteiger partial charge in [0.05, 0.1) is 23.7 Å². The van der Waals surface area contributed by atoms with Crippen LogP contribution in [-0.2, 0) is 0 Å². The summed E-state index contributed by atoms with van der Waals surface area (Å²) in [6.07, 6.45) is 0.745. The van der Waals surface area contributed by atoms with E-state index in [0.29, 0.717) is 22.4 Å². The first-order valence-electron chi connectivity index (χ1n) is 9.19. The first kappa shape index (κ1) is 21.3. The second-order valence-corrected chi connectivity index (χ2v) is 6.49. The lowest BCUT2D eigenvalue weighted by molar-refractivity contribution is -0.384. The first-order chi connectivity index (χ1) is 14.9. The van der Waals surface area contributed by atoms with Crippen molar-refractivity contribution in [3.63, 3.8) is 0 Å². The van der Waals surface area contributed by atoms with E-state index >= 15 is 0 Å². The minimum Gasteiger partial charge on any atom is -0.496 e. The Hall–Kier alpha value is -4.46. The number of rotatable bonds is 4. The van der Waals surface area contributed by atoms with Gasteiger partial charge in [-0.25, -0.2) is 0 Å². The minimum atomic E-state index is -0.503. The van der Waals surface area contributed by atoms with Crippen molar-refractivity contribution in [2.24, 2.45) is 0 Å². The average Bonchev–Trinajstić information content (AvgIpc) is 2.79. The number of nitrogens with zero attached hydrogens (tertiary/aromatic N) is 1. The molecule has 1 heterocycles. The van der Waals surface area contributed by atoms with E-state index in [1.807, 2.05) is 24.3 Å². The Bertz CT molecular complexity index is 1310. The molecule has 0 fully saturated rings. The number of anilines is 1. The Morgan fingerprint density at radius 1 is 1.00 bits per heavy atom. The number of carbonyl (C=O) groups is 1. The SMILES string of the molecule is COc1cc([N+](=O)[O-])ccc1-c1cc2ccccc2[nH]c1=O.Nc1ccccc1C=O. The number of nitrogens with one attached hydrogen (secondary N) is 1. The molecule has 31 heavy (non-hydrogen) atoms. The highest BCUT2D eigenvalue weighted by atomic mass is 16.6. The van der Waals surface area contributed by atoms with Gasteiger partial charge in [0.1, 0.15) is 5.75 Å². The highest BCUT2D eigenvalue weighted by Gasteiger charge is 2.15. The molecule has 3 N–H and O–H groups in total. The lowest BCUT2D eigenvalue weighted by Crippen LogP contribution is -2.09. The number of hydrogen-bond acceptors (Lipinski definition) is 6. The normalized spacial score (nSPS) is 10.1. The van der Waals surface area contributed by atoms with Gasteiger partial charge in [0.25, 0.3) is 11.2 Å². The fourth-order valence-electron chi connectivity index (χ4n) is 2.98. The monoisotopic (exact) mass is 417 g/mol. The third kappa shape index (κ3) is 4.76. The molecule has 4 aromatic rings. The first-order valence-corrected chi connectivity index (χ1v) is 9.19. The van der Waals surface area contributed by atoms with Crippen LogP contribution in [0.4, 0.5) is 11.4 Å². The molecule has 0 bridgehead atoms. The molecule has 0 atom stereocenters. The molecule has 0 unspecified atom stereocenters. The maximum atomic E-state index is 12.3. The Kier molecular flexibility index (Phi) is 6.42. The molecule has 0 aliphatic carbocycles. The summed E-state index contributed by atoms with van der Waals surface area (Å²) in [6.45, 7) is 0. The number of aromatic nitrogens is 1. The molecular formula is C23H19N3O5. The smallest absolute Gasteiger partial charge is 0.273 e. The summed E-state index contributed by atoms with van der Waals surface area (Å²) >= 11 is 0. The molecule has 0 spiro atoms. The molecule has 0 aliphatic heterocycles. The molecular weight excluding hydrogens is 398 g/mol. The van der Waals surface area contributed by atoms with Crippen LogP contribution in [0.15, 0.2) is 77.6 Å². The van der Waals surface area contributed by atoms with Gasteiger partial charge in [-0.05, 0) is 35.7 Å². The Labute approximate surface area is 177 Å². The number of nitrogens with two attached hydrogens (primary N) is 1. The van der Waals surface area contributed by atoms with Gasteiger partial charge < -0.3 is 15.5 Å². The Balaban J connectivity index is 0.000000254. The van der Waals surface area contributed by atoms with Crippen molar-refractivity contribution in [2.45, 2.75) is 0 Å². The third-order valence-corrected chi connectivity index (χ3v) is 4.56. The summed E-state index contributed by atoms with van der Waals surface area (Å²) < 4.78 is 5.20. The zero-order valence-corrected chi connectivity index (χ0v) is 16.6. The van der Waals surface area contributed by atoms with Gasteiger partial charge in [0.15, 0.2) is 6.29 Å². The maximum Gasteiger partial charge on any atom is 0.273 e. The highest BCUT2D eigenvalue weighted by molar-refractivity contribution is 5.85. The van der Waals surface area contributed by atoms with E-state index in [1.165, 1.54) is 25.3 Å². The van der Waals surface area contributed by atoms with Crippen molar-refractivity contribution >= 4 is 28.6 Å². The molecule has 4 rings (SSSR count). The fourth-order valence-corrected chi connectivity index (χ4v) is 2.98. The number of hydrogen-bond donors (Lipinski definition) is 2. The summed E-state index contributed by atoms with van der Waals surface area (Å²) in [5.74, 6) is 0.287. The molecule has 3 aromatic carbocycles. The largest absolute Gasteiger partial charge is 0.496 e. The van der Waals surface area contributed by atoms with Crippen molar-refractivity contribution in [3.05, 3.63) is 98.8 Å². The minimum absolute atomic E-state index is 0.0854. The number of ether oxygens (including phenoxy) is 1. The maximum absolute atomic E-state index is 12.3. The Morgan fingerprint density at radius 2 is 1.71 bits per heavy atom. The van der Waals surface area contributed by atoms with Crippen LogP contribution >= 0.6 is 0 Å². The van der Waals surface area contributed by atoms with Gasteiger partial charge in [-0.1, -0.05) is 30.3 Å². The van der Waals surface area contributed by atoms with Crippen LogP contribution in [0.25, 0.3) is 22.0 Å². The van der Waals surface area contributed by atoms with Crippen LogP contribution < -0.4 is 16.0 Å². The van der Waals surface area contributed by atoms with Crippen LogP contribution in [0.3, 0.4) is 0 Å². The summed E-state index contributed by atoms with van der Waals surface area (Å²) in [5.41, 5.74) is 7.79. The molecule has 0 aliphatic rings. The van der Waals surface area contributed by atoms with Crippen molar-refractivity contribution in [1.82, 2.24) is 4.98 Å². The topological polar surface area (TPSA) is 128 Å². The van der Waals surface area contributed by atoms with Crippen molar-refractivity contribution in [2.75, 3.05) is 12.8 Å². The number of pyridine rings is 1. The molecule has 1 aromatic heterocycles. The van der Waals surface area contributed by atoms with Crippen LogP contribution in [0.5, 0.6) is 5.75 Å². The summed E-state index contributed by atoms with van der Waals surface area (Å²) in [4.78, 5) is 35.6. The van der Waals surface area contributed by atoms with E-state index in [2.05, 4.69) is 4.98 Å². The molecule has 8 heteroatoms. The Morgan fingerprint density at radius 3 is 2.35 bits per heavy atom. The van der Waals surface area contributed by atoms with Gasteiger partial charge in [-0.15, -0.1) is 0 Å². The second kappa shape index (κ2) is 9.36. The van der Waals surface area contributed by atoms with Crippen LogP contribution in [0.2, 0.25) is 0 Å². The predicted molar refractivity (Wildman–Crippen MR) is 119 cm³/mol. The summed E-state index contributed by atoms with van der Waals surface area (Å²) in [5, 5.41) is 11.7. The van der Waals surface area contributed by atoms with E-state index in [0.717, 1.165) is 17.2 Å². The number of non-ortho nitro benzene ring substituents is 1. The van der Waals surface area contributed by atoms with E-state index in [1.54, 1.807) is 30.3 Å². The van der Waals surface area contributed by atoms with Crippen molar-refractivity contribution < 1.29 is 14.5 Å². The number of para-hydroxylation sites is 2. The van der Waals surface area contributed by atoms with Crippen molar-refractivity contribution in [3.8, 4) is 16.9 Å². The van der Waals surface area contributed by atoms with Crippen molar-refractivity contribution in [1.29, 1.82) is 0 Å². The predicted octanol–water partition coefficient (Wildman–Crippen LogP) is 4.19. The molecule has 0 saturated heterocycles. The number of benzene rings is 3. The number of nitro groups is 1. The van der Waals surface area contributed by atoms with Gasteiger partial charge >= 0.3 is 0 Å². The number of fused-ring (bicyclic) bond motifs is 1. The quantitative estimate of drug-likeness (QED) is 0.222. The van der Waals surface area contributed by atoms with E-state index < -0.39 is 4.92 Å². The van der Waals surface area contributed by atoms with Gasteiger partial charge in [0.2, 0.25) is 0 Å². The lowest BCUT2D eigenvalue weighted by atomic mass is 10.0. The molecule has 8 nitrogen and oxygen atoms in total. The summed E-state index contributed by atoms with van der Waals surface area (Å²) in [6, 6.07) is 20.3. The fraction of sp³-hybridized carbons (Fsp3) is 0.0435. The number of H-pyrrole nitrogens is 1. The number of methoxy groups -OCH3 is 1. The molecule has 0 saturated carbocycles. The lowest BCUT2D eigenvalue weighted by Gasteiger charge is -2.08. The number of carbonyl (C=O) groups excluding carboxylic acids is 1. The number of nitro benzene ring substituents is 1. The molecule has 156 valence electrons. The van der Waals surface area contributed by atoms with Gasteiger partial charge in [0, 0.05) is 28.4 Å². The van der Waals surface area contributed by atoms with Crippen LogP contribution in [0.1, 0.15) is 10.4 Å². The third-order valence-electron chi connectivity index (χ3n) is 4.56. The van der Waals surface area contributed by atoms with E-state index in [-0.39, 0.29) is 17.0 Å². The zero-order chi connectivity index (χ0) is 22.4. The van der Waals surface area contributed by atoms with Crippen LogP contribution in [0, 0.1) is 10.1 Å². The standard InChI is InChI=1S/C16H12N2O4.C7H7NO/c1-22-15-9-11(18(20)21)6-7-12(15)13-8-10-4-2-3-5-14(10)17-16(13)19;8-7-4-2-1-3-6(7)5-9/h2-9H,1H3,(H,17,19);1-5H,8H2. The van der Waals surface area contributed by atoms with Crippen LogP contribution in [-0.4, -0.2) is 23.3 Å². The molecule has 0 amide bonds. The number of aromatic amines is 1. The summed E-state index contributed by atoms with van der Waals surface area (Å²) in [7, 11) is 1.41. The number of nitrogen functional groups attached to an aromatic ring is 1. The highest BCUT2D eigenvalue weighted by Crippen LogP contribution is 2.32. The molecule has 0 radical (unpaired) electrons. The second-order valence-electron chi connectivity index (χ2n) is 6.49. The average molecular weight is 417 g/mol.